The first-order chi connectivity index (χ1) is 28.2. The Morgan fingerprint density at radius 2 is 0.655 bits per heavy atom. The van der Waals surface area contributed by atoms with Gasteiger partial charge in [-0.25, -0.2) is 0 Å². The first-order valence-corrected chi connectivity index (χ1v) is 20.2. The summed E-state index contributed by atoms with van der Waals surface area (Å²) in [7, 11) is 4.35. The van der Waals surface area contributed by atoms with Crippen molar-refractivity contribution in [1.82, 2.24) is 18.3 Å². The highest BCUT2D eigenvalue weighted by molar-refractivity contribution is 6.23. The van der Waals surface area contributed by atoms with Crippen LogP contribution in [0.25, 0.3) is 98.6 Å². The zero-order chi connectivity index (χ0) is 39.4. The average Bonchev–Trinajstić information content (AvgIpc) is 3.92. The molecule has 0 bridgehead atoms. The summed E-state index contributed by atoms with van der Waals surface area (Å²) in [6.45, 7) is 8.70. The Balaban J connectivity index is 0.000000133. The molecule has 0 atom stereocenters. The quantitative estimate of drug-likeness (QED) is 0.168. The van der Waals surface area contributed by atoms with E-state index in [4.69, 9.17) is 0 Å². The summed E-state index contributed by atoms with van der Waals surface area (Å²) in [4.78, 5) is 0. The minimum atomic E-state index is 1.23. The fraction of sp³-hybridized carbons (Fsp3) is 0.111. The number of hydrogen-bond donors (Lipinski definition) is 0. The van der Waals surface area contributed by atoms with E-state index >= 15 is 0 Å². The molecule has 4 nitrogen and oxygen atoms in total. The van der Waals surface area contributed by atoms with Crippen molar-refractivity contribution in [2.75, 3.05) is 0 Å². The summed E-state index contributed by atoms with van der Waals surface area (Å²) in [5.41, 5.74) is 17.8. The van der Waals surface area contributed by atoms with Crippen molar-refractivity contribution in [1.29, 1.82) is 0 Å². The molecular formula is C54H44N4. The predicted octanol–water partition coefficient (Wildman–Crippen LogP) is 14.1. The highest BCUT2D eigenvalue weighted by Crippen LogP contribution is 2.41. The van der Waals surface area contributed by atoms with Gasteiger partial charge in [0.1, 0.15) is 0 Å². The number of rotatable bonds is 2. The van der Waals surface area contributed by atoms with Crippen molar-refractivity contribution in [3.8, 4) is 11.4 Å². The number of para-hydroxylation sites is 4. The van der Waals surface area contributed by atoms with E-state index in [9.17, 15) is 0 Å². The third-order valence-electron chi connectivity index (χ3n) is 12.3. The lowest BCUT2D eigenvalue weighted by atomic mass is 10.1. The molecule has 0 aliphatic rings. The molecule has 0 aliphatic heterocycles. The minimum Gasteiger partial charge on any atom is -0.344 e. The summed E-state index contributed by atoms with van der Waals surface area (Å²) in [5, 5.41) is 10.4. The topological polar surface area (TPSA) is 19.7 Å². The van der Waals surface area contributed by atoms with Gasteiger partial charge >= 0.3 is 0 Å². The molecule has 4 heterocycles. The van der Waals surface area contributed by atoms with E-state index in [0.29, 0.717) is 0 Å². The third kappa shape index (κ3) is 5.01. The van der Waals surface area contributed by atoms with Gasteiger partial charge in [0.2, 0.25) is 0 Å². The van der Waals surface area contributed by atoms with E-state index in [1.54, 1.807) is 0 Å². The summed E-state index contributed by atoms with van der Waals surface area (Å²) >= 11 is 0. The van der Waals surface area contributed by atoms with Crippen molar-refractivity contribution in [3.63, 3.8) is 0 Å². The van der Waals surface area contributed by atoms with Gasteiger partial charge < -0.3 is 18.3 Å². The number of nitrogens with zero attached hydrogens (tertiary/aromatic N) is 4. The second kappa shape index (κ2) is 12.7. The van der Waals surface area contributed by atoms with E-state index < -0.39 is 0 Å². The molecule has 4 aromatic heterocycles. The van der Waals surface area contributed by atoms with Crippen LogP contribution >= 0.6 is 0 Å². The Kier molecular flexibility index (Phi) is 7.52. The zero-order valence-electron chi connectivity index (χ0n) is 33.8. The molecular weight excluding hydrogens is 705 g/mol. The van der Waals surface area contributed by atoms with Gasteiger partial charge in [-0.3, -0.25) is 0 Å². The highest BCUT2D eigenvalue weighted by atomic mass is 15.0. The molecule has 0 N–H and O–H groups in total. The van der Waals surface area contributed by atoms with Gasteiger partial charge in [0.15, 0.2) is 0 Å². The Hall–Kier alpha value is -7.04. The number of aromatic nitrogens is 4. The normalized spacial score (nSPS) is 12.0. The van der Waals surface area contributed by atoms with Crippen LogP contribution in [0.3, 0.4) is 0 Å². The van der Waals surface area contributed by atoms with Crippen LogP contribution in [0.5, 0.6) is 0 Å². The number of aryl methyl sites for hydroxylation is 6. The van der Waals surface area contributed by atoms with Crippen molar-refractivity contribution in [2.45, 2.75) is 27.7 Å². The van der Waals surface area contributed by atoms with Gasteiger partial charge in [-0.2, -0.15) is 0 Å². The molecule has 4 heteroatoms. The first-order valence-electron chi connectivity index (χ1n) is 20.2. The van der Waals surface area contributed by atoms with Crippen LogP contribution < -0.4 is 0 Å². The second-order valence-electron chi connectivity index (χ2n) is 16.3. The van der Waals surface area contributed by atoms with Crippen LogP contribution in [-0.4, -0.2) is 18.3 Å². The maximum atomic E-state index is 2.45. The lowest BCUT2D eigenvalue weighted by Gasteiger charge is -2.12. The maximum Gasteiger partial charge on any atom is 0.0785 e. The van der Waals surface area contributed by atoms with Crippen molar-refractivity contribution in [2.24, 2.45) is 14.1 Å². The van der Waals surface area contributed by atoms with Gasteiger partial charge in [0.25, 0.3) is 0 Å². The molecule has 0 radical (unpaired) electrons. The number of benzene rings is 8. The highest BCUT2D eigenvalue weighted by Gasteiger charge is 2.20. The molecule has 0 saturated heterocycles. The lowest BCUT2D eigenvalue weighted by molar-refractivity contribution is 1.01. The fourth-order valence-corrected chi connectivity index (χ4v) is 10.0. The van der Waals surface area contributed by atoms with Crippen LogP contribution in [0.15, 0.2) is 158 Å². The molecule has 58 heavy (non-hydrogen) atoms. The molecule has 280 valence electrons. The van der Waals surface area contributed by atoms with Crippen LogP contribution in [-0.2, 0) is 14.1 Å². The molecule has 0 saturated carbocycles. The van der Waals surface area contributed by atoms with Crippen LogP contribution in [0.2, 0.25) is 0 Å². The predicted molar refractivity (Wildman–Crippen MR) is 248 cm³/mol. The van der Waals surface area contributed by atoms with Crippen LogP contribution in [0.4, 0.5) is 0 Å². The van der Waals surface area contributed by atoms with Gasteiger partial charge in [0, 0.05) is 85.1 Å². The summed E-state index contributed by atoms with van der Waals surface area (Å²) in [6, 6.07) is 57.8. The molecule has 0 spiro atoms. The van der Waals surface area contributed by atoms with Crippen molar-refractivity contribution >= 4 is 87.2 Å². The lowest BCUT2D eigenvalue weighted by Crippen LogP contribution is -1.97. The van der Waals surface area contributed by atoms with E-state index in [1.165, 1.54) is 121 Å². The Morgan fingerprint density at radius 3 is 1.22 bits per heavy atom. The maximum absolute atomic E-state index is 2.45. The molecule has 0 amide bonds. The monoisotopic (exact) mass is 748 g/mol. The van der Waals surface area contributed by atoms with Crippen molar-refractivity contribution in [3.05, 3.63) is 180 Å². The Bertz CT molecular complexity index is 3570. The SMILES string of the molecule is Cc1cc(C)cc(-n2c3ccccc3c3cc4c(cc32)c2ccccc2n4C)c1.Cc1cc(C)cc(-n2c3ccccc3c3ccc4c5ccccc5n(C)c4c32)c1. The zero-order valence-corrected chi connectivity index (χ0v) is 33.8. The van der Waals surface area contributed by atoms with Gasteiger partial charge in [-0.05, 0) is 111 Å². The van der Waals surface area contributed by atoms with Gasteiger partial charge in [0.05, 0.1) is 27.6 Å². The Morgan fingerprint density at radius 1 is 0.276 bits per heavy atom. The second-order valence-corrected chi connectivity index (χ2v) is 16.3. The van der Waals surface area contributed by atoms with E-state index in [2.05, 4.69) is 218 Å². The third-order valence-corrected chi connectivity index (χ3v) is 12.3. The number of hydrogen-bond acceptors (Lipinski definition) is 0. The van der Waals surface area contributed by atoms with E-state index in [0.717, 1.165) is 0 Å². The standard InChI is InChI=1S/2C27H22N2/c1-17-12-18(2)14-19(13-17)29-25-11-7-5-9-21(25)23-15-26-22(16-27(23)29)20-8-4-6-10-24(20)28(26)3;1-17-14-18(2)16-19(15-17)29-25-11-7-5-9-21(25)23-13-12-22-20-8-4-6-10-24(20)28(3)26(22)27(23)29/h2*4-16H,1-3H3. The molecule has 0 fully saturated rings. The smallest absolute Gasteiger partial charge is 0.0785 e. The molecule has 8 aromatic carbocycles. The largest absolute Gasteiger partial charge is 0.344 e. The van der Waals surface area contributed by atoms with Crippen LogP contribution in [0, 0.1) is 27.7 Å². The minimum absolute atomic E-state index is 1.23. The average molecular weight is 749 g/mol. The fourth-order valence-electron chi connectivity index (χ4n) is 10.0. The Labute approximate surface area is 337 Å². The van der Waals surface area contributed by atoms with E-state index in [-0.39, 0.29) is 0 Å². The molecule has 12 aromatic rings. The van der Waals surface area contributed by atoms with E-state index in [1.807, 2.05) is 0 Å². The summed E-state index contributed by atoms with van der Waals surface area (Å²) in [5.74, 6) is 0. The van der Waals surface area contributed by atoms with Crippen molar-refractivity contribution < 1.29 is 0 Å². The first kappa shape index (κ1) is 34.2. The number of fused-ring (bicyclic) bond motifs is 13. The summed E-state index contributed by atoms with van der Waals surface area (Å²) in [6.07, 6.45) is 0. The summed E-state index contributed by atoms with van der Waals surface area (Å²) < 4.78 is 9.54. The van der Waals surface area contributed by atoms with Gasteiger partial charge in [-0.1, -0.05) is 97.1 Å². The van der Waals surface area contributed by atoms with Gasteiger partial charge in [-0.15, -0.1) is 0 Å². The molecule has 12 rings (SSSR count). The van der Waals surface area contributed by atoms with Crippen LogP contribution in [0.1, 0.15) is 22.3 Å². The molecule has 0 unspecified atom stereocenters. The molecule has 0 aliphatic carbocycles.